The zero-order valence-corrected chi connectivity index (χ0v) is 8.92. The molecule has 4 N–H and O–H groups in total. The van der Waals surface area contributed by atoms with Crippen LogP contribution in [0.15, 0.2) is 30.3 Å². The molecule has 0 aliphatic heterocycles. The van der Waals surface area contributed by atoms with Crippen LogP contribution in [0.4, 0.5) is 0 Å². The maximum atomic E-state index is 11.9. The molecule has 1 aromatic rings. The highest BCUT2D eigenvalue weighted by atomic mass is 16.5. The average molecular weight is 236 g/mol. The van der Waals surface area contributed by atoms with E-state index in [-0.39, 0.29) is 5.56 Å². The Morgan fingerprint density at radius 3 is 2.29 bits per heavy atom. The number of carbonyl (C=O) groups excluding carboxylic acids is 3. The molecule has 1 rings (SSSR count). The first-order valence-electron chi connectivity index (χ1n) is 4.87. The van der Waals surface area contributed by atoms with Crippen LogP contribution < -0.4 is 11.2 Å². The van der Waals surface area contributed by atoms with E-state index in [0.29, 0.717) is 0 Å². The molecular formula is C11H12N2O4. The van der Waals surface area contributed by atoms with Gasteiger partial charge in [-0.25, -0.2) is 5.48 Å². The normalized spacial score (nSPS) is 11.6. The van der Waals surface area contributed by atoms with Crippen molar-refractivity contribution >= 4 is 17.6 Å². The second-order valence-corrected chi connectivity index (χ2v) is 3.43. The van der Waals surface area contributed by atoms with Gasteiger partial charge in [0, 0.05) is 12.0 Å². The summed E-state index contributed by atoms with van der Waals surface area (Å²) in [4.78, 5) is 33.9. The van der Waals surface area contributed by atoms with E-state index < -0.39 is 29.9 Å². The Morgan fingerprint density at radius 1 is 1.24 bits per heavy atom. The third-order valence-corrected chi connectivity index (χ3v) is 2.21. The van der Waals surface area contributed by atoms with Gasteiger partial charge in [-0.2, -0.15) is 0 Å². The summed E-state index contributed by atoms with van der Waals surface area (Å²) < 4.78 is 0. The van der Waals surface area contributed by atoms with E-state index in [1.54, 1.807) is 18.2 Å². The molecule has 1 unspecified atom stereocenters. The number of nitrogens with one attached hydrogen (secondary N) is 1. The first-order valence-corrected chi connectivity index (χ1v) is 4.87. The first-order chi connectivity index (χ1) is 8.06. The molecule has 1 aromatic carbocycles. The lowest BCUT2D eigenvalue weighted by molar-refractivity contribution is -0.134. The van der Waals surface area contributed by atoms with Crippen molar-refractivity contribution in [3.63, 3.8) is 0 Å². The summed E-state index contributed by atoms with van der Waals surface area (Å²) in [6.07, 6.45) is -0.444. The van der Waals surface area contributed by atoms with Gasteiger partial charge < -0.3 is 5.73 Å². The summed E-state index contributed by atoms with van der Waals surface area (Å²) in [5.74, 6) is -3.60. The van der Waals surface area contributed by atoms with Crippen LogP contribution in [0, 0.1) is 5.92 Å². The van der Waals surface area contributed by atoms with Crippen molar-refractivity contribution in [2.45, 2.75) is 6.42 Å². The minimum absolute atomic E-state index is 0.280. The molecule has 1 atom stereocenters. The van der Waals surface area contributed by atoms with Gasteiger partial charge in [0.15, 0.2) is 5.78 Å². The van der Waals surface area contributed by atoms with Crippen molar-refractivity contribution in [2.24, 2.45) is 11.7 Å². The molecule has 0 aliphatic rings. The van der Waals surface area contributed by atoms with Gasteiger partial charge in [-0.1, -0.05) is 30.3 Å². The third kappa shape index (κ3) is 3.39. The summed E-state index contributed by atoms with van der Waals surface area (Å²) in [5, 5.41) is 8.51. The largest absolute Gasteiger partial charge is 0.370 e. The van der Waals surface area contributed by atoms with E-state index in [1.165, 1.54) is 17.6 Å². The Hall–Kier alpha value is -2.21. The van der Waals surface area contributed by atoms with Crippen LogP contribution in [0.2, 0.25) is 0 Å². The topological polar surface area (TPSA) is 109 Å². The highest BCUT2D eigenvalue weighted by Gasteiger charge is 2.28. The van der Waals surface area contributed by atoms with Gasteiger partial charge in [-0.05, 0) is 0 Å². The van der Waals surface area contributed by atoms with Gasteiger partial charge >= 0.3 is 0 Å². The maximum absolute atomic E-state index is 11.9. The van der Waals surface area contributed by atoms with E-state index in [0.717, 1.165) is 0 Å². The second kappa shape index (κ2) is 5.76. The zero-order valence-electron chi connectivity index (χ0n) is 8.92. The lowest BCUT2D eigenvalue weighted by Gasteiger charge is -2.11. The fourth-order valence-electron chi connectivity index (χ4n) is 1.39. The fraction of sp³-hybridized carbons (Fsp3) is 0.182. The highest BCUT2D eigenvalue weighted by molar-refractivity contribution is 6.11. The summed E-state index contributed by atoms with van der Waals surface area (Å²) in [5.41, 5.74) is 6.58. The smallest absolute Gasteiger partial charge is 0.254 e. The molecule has 0 spiro atoms. The van der Waals surface area contributed by atoms with Crippen molar-refractivity contribution in [2.75, 3.05) is 0 Å². The number of benzene rings is 1. The number of hydroxylamine groups is 1. The first kappa shape index (κ1) is 12.9. The van der Waals surface area contributed by atoms with Crippen LogP contribution in [0.5, 0.6) is 0 Å². The van der Waals surface area contributed by atoms with Gasteiger partial charge in [0.2, 0.25) is 5.91 Å². The van der Waals surface area contributed by atoms with Gasteiger partial charge in [-0.3, -0.25) is 19.6 Å². The summed E-state index contributed by atoms with van der Waals surface area (Å²) in [7, 11) is 0. The van der Waals surface area contributed by atoms with E-state index in [4.69, 9.17) is 10.9 Å². The predicted molar refractivity (Wildman–Crippen MR) is 58.0 cm³/mol. The lowest BCUT2D eigenvalue weighted by atomic mass is 9.94. The number of primary amides is 1. The second-order valence-electron chi connectivity index (χ2n) is 3.43. The molecule has 0 saturated heterocycles. The Labute approximate surface area is 97.4 Å². The van der Waals surface area contributed by atoms with Crippen molar-refractivity contribution in [1.29, 1.82) is 0 Å². The molecule has 2 amide bonds. The molecule has 0 aromatic heterocycles. The fourth-order valence-corrected chi connectivity index (χ4v) is 1.39. The molecule has 17 heavy (non-hydrogen) atoms. The molecule has 0 radical (unpaired) electrons. The SMILES string of the molecule is NC(=O)CC(C(=O)NO)C(=O)c1ccccc1. The highest BCUT2D eigenvalue weighted by Crippen LogP contribution is 2.12. The van der Waals surface area contributed by atoms with E-state index >= 15 is 0 Å². The molecule has 0 saturated carbocycles. The van der Waals surface area contributed by atoms with Crippen LogP contribution in [-0.4, -0.2) is 22.8 Å². The third-order valence-electron chi connectivity index (χ3n) is 2.21. The van der Waals surface area contributed by atoms with Crippen LogP contribution in [0.3, 0.4) is 0 Å². The molecule has 6 nitrogen and oxygen atoms in total. The number of amides is 2. The van der Waals surface area contributed by atoms with Crippen LogP contribution in [-0.2, 0) is 9.59 Å². The van der Waals surface area contributed by atoms with Crippen molar-refractivity contribution in [3.8, 4) is 0 Å². The van der Waals surface area contributed by atoms with Crippen LogP contribution in [0.1, 0.15) is 16.8 Å². The Balaban J connectivity index is 2.94. The Morgan fingerprint density at radius 2 is 1.82 bits per heavy atom. The van der Waals surface area contributed by atoms with Gasteiger partial charge in [-0.15, -0.1) is 0 Å². The molecule has 0 fully saturated rings. The number of ketones is 1. The minimum Gasteiger partial charge on any atom is -0.370 e. The quantitative estimate of drug-likeness (QED) is 0.286. The van der Waals surface area contributed by atoms with Gasteiger partial charge in [0.1, 0.15) is 5.92 Å². The van der Waals surface area contributed by atoms with E-state index in [1.807, 2.05) is 0 Å². The number of rotatable bonds is 5. The van der Waals surface area contributed by atoms with Gasteiger partial charge in [0.25, 0.3) is 5.91 Å². The monoisotopic (exact) mass is 236 g/mol. The summed E-state index contributed by atoms with van der Waals surface area (Å²) in [6.45, 7) is 0. The Kier molecular flexibility index (Phi) is 4.36. The predicted octanol–water partition coefficient (Wildman–Crippen LogP) is -0.134. The summed E-state index contributed by atoms with van der Waals surface area (Å²) >= 11 is 0. The molecule has 90 valence electrons. The van der Waals surface area contributed by atoms with Crippen molar-refractivity contribution in [1.82, 2.24) is 5.48 Å². The maximum Gasteiger partial charge on any atom is 0.254 e. The van der Waals surface area contributed by atoms with Crippen LogP contribution in [0.25, 0.3) is 0 Å². The summed E-state index contributed by atoms with van der Waals surface area (Å²) in [6, 6.07) is 8.00. The van der Waals surface area contributed by atoms with E-state index in [9.17, 15) is 14.4 Å². The zero-order chi connectivity index (χ0) is 12.8. The molecule has 0 bridgehead atoms. The molecule has 6 heteroatoms. The lowest BCUT2D eigenvalue weighted by Crippen LogP contribution is -2.36. The van der Waals surface area contributed by atoms with E-state index in [2.05, 4.69) is 0 Å². The number of Topliss-reactive ketones (excluding diaryl/α,β-unsaturated/α-hetero) is 1. The molecule has 0 heterocycles. The number of carbonyl (C=O) groups is 3. The van der Waals surface area contributed by atoms with Crippen molar-refractivity contribution in [3.05, 3.63) is 35.9 Å². The number of hydrogen-bond acceptors (Lipinski definition) is 4. The standard InChI is InChI=1S/C11H12N2O4/c12-9(14)6-8(11(16)13-17)10(15)7-4-2-1-3-5-7/h1-5,8,17H,6H2,(H2,12,14)(H,13,16). The number of nitrogens with two attached hydrogens (primary N) is 1. The number of hydrogen-bond donors (Lipinski definition) is 3. The van der Waals surface area contributed by atoms with Crippen molar-refractivity contribution < 1.29 is 19.6 Å². The molecular weight excluding hydrogens is 224 g/mol. The molecule has 0 aliphatic carbocycles. The minimum atomic E-state index is -1.31. The average Bonchev–Trinajstić information content (AvgIpc) is 2.35. The van der Waals surface area contributed by atoms with Crippen LogP contribution >= 0.6 is 0 Å². The van der Waals surface area contributed by atoms with Gasteiger partial charge in [0.05, 0.1) is 0 Å². The Bertz CT molecular complexity index is 430.